The molecule has 0 aliphatic rings. The molecule has 0 spiro atoms. The highest BCUT2D eigenvalue weighted by molar-refractivity contribution is 7.16. The van der Waals surface area contributed by atoms with Crippen LogP contribution in [0.4, 0.5) is 0 Å². The van der Waals surface area contributed by atoms with Gasteiger partial charge >= 0.3 is 0 Å². The second-order valence-corrected chi connectivity index (χ2v) is 8.42. The molecule has 0 saturated heterocycles. The summed E-state index contributed by atoms with van der Waals surface area (Å²) in [5.74, 6) is 0.649. The summed E-state index contributed by atoms with van der Waals surface area (Å²) in [5.41, 5.74) is 2.07. The molecule has 142 valence electrons. The first kappa shape index (κ1) is 19.8. The Morgan fingerprint density at radius 2 is 2.04 bits per heavy atom. The number of halogens is 1. The topological polar surface area (TPSA) is 69.5 Å². The van der Waals surface area contributed by atoms with E-state index in [0.717, 1.165) is 27.7 Å². The third-order valence-corrected chi connectivity index (χ3v) is 5.89. The van der Waals surface area contributed by atoms with E-state index in [1.165, 1.54) is 11.3 Å². The van der Waals surface area contributed by atoms with Crippen molar-refractivity contribution >= 4 is 40.2 Å². The van der Waals surface area contributed by atoms with E-state index in [9.17, 15) is 5.11 Å². The van der Waals surface area contributed by atoms with Crippen LogP contribution in [0.1, 0.15) is 22.9 Å². The molecule has 0 fully saturated rings. The Balaban J connectivity index is 1.59. The number of hydrogen-bond donors (Lipinski definition) is 3. The van der Waals surface area contributed by atoms with Crippen molar-refractivity contribution < 1.29 is 5.11 Å². The van der Waals surface area contributed by atoms with Crippen LogP contribution in [-0.4, -0.2) is 29.1 Å². The number of thiazole rings is 1. The van der Waals surface area contributed by atoms with E-state index in [2.05, 4.69) is 20.6 Å². The molecule has 0 amide bonds. The normalized spacial score (nSPS) is 12.8. The van der Waals surface area contributed by atoms with Gasteiger partial charge in [0.25, 0.3) is 0 Å². The highest BCUT2D eigenvalue weighted by Crippen LogP contribution is 2.26. The minimum Gasteiger partial charge on any atom is -0.386 e. The maximum absolute atomic E-state index is 10.3. The molecule has 1 aromatic carbocycles. The summed E-state index contributed by atoms with van der Waals surface area (Å²) < 4.78 is 0.669. The first-order valence-corrected chi connectivity index (χ1v) is 10.7. The highest BCUT2D eigenvalue weighted by Gasteiger charge is 2.11. The molecule has 0 saturated carbocycles. The van der Waals surface area contributed by atoms with Gasteiger partial charge in [-0.3, -0.25) is 0 Å². The summed E-state index contributed by atoms with van der Waals surface area (Å²) in [6.07, 6.45) is -0.629. The molecular weight excluding hydrogens is 400 g/mol. The van der Waals surface area contributed by atoms with Crippen molar-refractivity contribution in [3.05, 3.63) is 62.1 Å². The number of nitrogens with one attached hydrogen (secondary N) is 2. The Kier molecular flexibility index (Phi) is 7.23. The lowest BCUT2D eigenvalue weighted by Crippen LogP contribution is -2.39. The largest absolute Gasteiger partial charge is 0.386 e. The molecule has 2 aromatic heterocycles. The zero-order valence-corrected chi connectivity index (χ0v) is 17.2. The molecule has 0 radical (unpaired) electrons. The van der Waals surface area contributed by atoms with Crippen LogP contribution in [0.3, 0.4) is 0 Å². The van der Waals surface area contributed by atoms with E-state index in [0.29, 0.717) is 23.4 Å². The second-order valence-electron chi connectivity index (χ2n) is 5.73. The quantitative estimate of drug-likeness (QED) is 0.393. The van der Waals surface area contributed by atoms with Crippen LogP contribution in [0.5, 0.6) is 0 Å². The van der Waals surface area contributed by atoms with Gasteiger partial charge in [-0.2, -0.15) is 0 Å². The zero-order chi connectivity index (χ0) is 19.1. The van der Waals surface area contributed by atoms with Crippen LogP contribution in [0.25, 0.3) is 11.3 Å². The lowest BCUT2D eigenvalue weighted by Gasteiger charge is -2.14. The summed E-state index contributed by atoms with van der Waals surface area (Å²) in [5, 5.41) is 19.6. The fourth-order valence-electron chi connectivity index (χ4n) is 2.41. The molecule has 2 heterocycles. The summed E-state index contributed by atoms with van der Waals surface area (Å²) >= 11 is 8.90. The van der Waals surface area contributed by atoms with Crippen LogP contribution in [0.2, 0.25) is 4.34 Å². The van der Waals surface area contributed by atoms with Gasteiger partial charge in [-0.1, -0.05) is 41.9 Å². The van der Waals surface area contributed by atoms with Gasteiger partial charge in [-0.05, 0) is 19.1 Å². The molecular formula is C19H21ClN4OS2. The zero-order valence-electron chi connectivity index (χ0n) is 14.9. The number of aliphatic imine (C=N–C) groups is 1. The summed E-state index contributed by atoms with van der Waals surface area (Å²) in [6.45, 7) is 3.58. The smallest absolute Gasteiger partial charge is 0.191 e. The lowest BCUT2D eigenvalue weighted by atomic mass is 10.2. The Morgan fingerprint density at radius 3 is 2.74 bits per heavy atom. The lowest BCUT2D eigenvalue weighted by molar-refractivity contribution is 0.184. The molecule has 0 bridgehead atoms. The van der Waals surface area contributed by atoms with Crippen LogP contribution in [-0.2, 0) is 6.54 Å². The Hall–Kier alpha value is -1.93. The summed E-state index contributed by atoms with van der Waals surface area (Å²) in [4.78, 5) is 10.1. The van der Waals surface area contributed by atoms with Crippen molar-refractivity contribution in [3.63, 3.8) is 0 Å². The first-order chi connectivity index (χ1) is 13.2. The van der Waals surface area contributed by atoms with E-state index in [-0.39, 0.29) is 0 Å². The standard InChI is InChI=1S/C19H21ClN4OS2/c1-2-21-19(22-10-15(25)16-8-9-17(20)27-16)23-11-18-24-14(12-26-18)13-6-4-3-5-7-13/h3-9,12,15,25H,2,10-11H2,1H3,(H2,21,22,23). The maximum Gasteiger partial charge on any atom is 0.191 e. The minimum absolute atomic E-state index is 0.357. The fourth-order valence-corrected chi connectivity index (χ4v) is 4.19. The minimum atomic E-state index is -0.629. The molecule has 3 N–H and O–H groups in total. The van der Waals surface area contributed by atoms with Gasteiger partial charge in [0, 0.05) is 28.9 Å². The summed E-state index contributed by atoms with van der Waals surface area (Å²) in [7, 11) is 0. The van der Waals surface area contributed by atoms with E-state index >= 15 is 0 Å². The molecule has 5 nitrogen and oxygen atoms in total. The van der Waals surface area contributed by atoms with Gasteiger partial charge in [0.15, 0.2) is 5.96 Å². The predicted molar refractivity (Wildman–Crippen MR) is 115 cm³/mol. The Labute approximate surface area is 171 Å². The third kappa shape index (κ3) is 5.77. The molecule has 3 rings (SSSR count). The predicted octanol–water partition coefficient (Wildman–Crippen LogP) is 4.31. The monoisotopic (exact) mass is 420 g/mol. The average molecular weight is 421 g/mol. The van der Waals surface area contributed by atoms with Gasteiger partial charge in [0.1, 0.15) is 11.1 Å². The van der Waals surface area contributed by atoms with Gasteiger partial charge in [0.05, 0.1) is 16.6 Å². The van der Waals surface area contributed by atoms with E-state index in [1.54, 1.807) is 17.4 Å². The molecule has 27 heavy (non-hydrogen) atoms. The SMILES string of the molecule is CCNC(=NCc1nc(-c2ccccc2)cs1)NCC(O)c1ccc(Cl)s1. The van der Waals surface area contributed by atoms with Crippen molar-refractivity contribution in [2.24, 2.45) is 4.99 Å². The Morgan fingerprint density at radius 1 is 1.22 bits per heavy atom. The second kappa shape index (κ2) is 9.85. The number of thiophene rings is 1. The van der Waals surface area contributed by atoms with Gasteiger partial charge in [-0.15, -0.1) is 22.7 Å². The van der Waals surface area contributed by atoms with Crippen LogP contribution in [0, 0.1) is 0 Å². The first-order valence-electron chi connectivity index (χ1n) is 8.61. The number of hydrogen-bond acceptors (Lipinski definition) is 5. The summed E-state index contributed by atoms with van der Waals surface area (Å²) in [6, 6.07) is 13.7. The van der Waals surface area contributed by atoms with Crippen molar-refractivity contribution in [1.29, 1.82) is 0 Å². The number of guanidine groups is 1. The van der Waals surface area contributed by atoms with Crippen molar-refractivity contribution in [3.8, 4) is 11.3 Å². The molecule has 1 atom stereocenters. The third-order valence-electron chi connectivity index (χ3n) is 3.72. The number of aliphatic hydroxyl groups is 1. The average Bonchev–Trinajstić information content (AvgIpc) is 3.33. The van der Waals surface area contributed by atoms with Crippen molar-refractivity contribution in [2.45, 2.75) is 19.6 Å². The molecule has 8 heteroatoms. The number of benzene rings is 1. The molecule has 3 aromatic rings. The van der Waals surface area contributed by atoms with E-state index in [1.807, 2.05) is 48.7 Å². The van der Waals surface area contributed by atoms with Gasteiger partial charge in [0.2, 0.25) is 0 Å². The number of nitrogens with zero attached hydrogens (tertiary/aromatic N) is 2. The van der Waals surface area contributed by atoms with Crippen molar-refractivity contribution in [2.75, 3.05) is 13.1 Å². The Bertz CT molecular complexity index is 879. The van der Waals surface area contributed by atoms with E-state index < -0.39 is 6.10 Å². The number of rotatable bonds is 7. The van der Waals surface area contributed by atoms with Crippen LogP contribution in [0.15, 0.2) is 52.8 Å². The fraction of sp³-hybridized carbons (Fsp3) is 0.263. The van der Waals surface area contributed by atoms with Crippen LogP contribution >= 0.6 is 34.3 Å². The van der Waals surface area contributed by atoms with Gasteiger partial charge in [-0.25, -0.2) is 9.98 Å². The highest BCUT2D eigenvalue weighted by atomic mass is 35.5. The molecule has 0 aliphatic heterocycles. The van der Waals surface area contributed by atoms with Gasteiger partial charge < -0.3 is 15.7 Å². The number of aliphatic hydroxyl groups excluding tert-OH is 1. The van der Waals surface area contributed by atoms with E-state index in [4.69, 9.17) is 11.6 Å². The molecule has 0 aliphatic carbocycles. The number of aromatic nitrogens is 1. The molecule has 1 unspecified atom stereocenters. The van der Waals surface area contributed by atoms with Crippen LogP contribution < -0.4 is 10.6 Å². The maximum atomic E-state index is 10.3. The van der Waals surface area contributed by atoms with Crippen molar-refractivity contribution in [1.82, 2.24) is 15.6 Å².